The van der Waals surface area contributed by atoms with Crippen LogP contribution in [0, 0.1) is 0 Å². The molecule has 1 aliphatic heterocycles. The molecule has 4 nitrogen and oxygen atoms in total. The Morgan fingerprint density at radius 2 is 1.42 bits per heavy atom. The number of ether oxygens (including phenoxy) is 1. The zero-order chi connectivity index (χ0) is 18.3. The van der Waals surface area contributed by atoms with Gasteiger partial charge in [-0.3, -0.25) is 4.79 Å². The maximum absolute atomic E-state index is 12.9. The predicted octanol–water partition coefficient (Wildman–Crippen LogP) is 3.25. The van der Waals surface area contributed by atoms with E-state index >= 15 is 0 Å². The minimum Gasteiger partial charge on any atom is -0.460 e. The van der Waals surface area contributed by atoms with Crippen molar-refractivity contribution in [2.24, 2.45) is 0 Å². The van der Waals surface area contributed by atoms with Crippen molar-refractivity contribution in [3.05, 3.63) is 69.8 Å². The van der Waals surface area contributed by atoms with Crippen LogP contribution in [0.4, 0.5) is 0 Å². The van der Waals surface area contributed by atoms with Crippen LogP contribution >= 0.6 is 0 Å². The van der Waals surface area contributed by atoms with Gasteiger partial charge in [-0.15, -0.1) is 0 Å². The summed E-state index contributed by atoms with van der Waals surface area (Å²) < 4.78 is 5.55. The number of benzene rings is 2. The normalized spacial score (nSPS) is 18.7. The largest absolute Gasteiger partial charge is 0.460 e. The molecule has 0 saturated carbocycles. The lowest BCUT2D eigenvalue weighted by Crippen LogP contribution is -2.47. The molecule has 26 heavy (non-hydrogen) atoms. The molecule has 6 bridgehead atoms. The molecule has 0 saturated heterocycles. The highest BCUT2D eigenvalue weighted by Crippen LogP contribution is 2.24. The molecule has 1 N–H and O–H groups in total. The Bertz CT molecular complexity index is 898. The second-order valence-electron chi connectivity index (χ2n) is 7.90. The Balaban J connectivity index is 1.90. The van der Waals surface area contributed by atoms with E-state index in [1.807, 2.05) is 32.0 Å². The SMILES string of the molecule is CC1(C)COC(=O)c2cc3ccc2CCc2ccc(cc2C(=O)N1)CC3. The molecule has 0 aromatic heterocycles. The molecule has 1 heterocycles. The van der Waals surface area contributed by atoms with Gasteiger partial charge < -0.3 is 10.1 Å². The molecule has 2 aromatic carbocycles. The van der Waals surface area contributed by atoms with Crippen LogP contribution in [0.1, 0.15) is 56.8 Å². The first-order valence-electron chi connectivity index (χ1n) is 9.14. The van der Waals surface area contributed by atoms with Gasteiger partial charge in [0.2, 0.25) is 0 Å². The van der Waals surface area contributed by atoms with E-state index in [0.29, 0.717) is 18.4 Å². The lowest BCUT2D eigenvalue weighted by Gasteiger charge is -2.27. The lowest BCUT2D eigenvalue weighted by atomic mass is 9.90. The molecule has 0 atom stereocenters. The number of hydrogen-bond donors (Lipinski definition) is 1. The van der Waals surface area contributed by atoms with E-state index in [1.54, 1.807) is 0 Å². The first-order chi connectivity index (χ1) is 12.4. The van der Waals surface area contributed by atoms with Gasteiger partial charge in [0.1, 0.15) is 6.61 Å². The molecule has 5 aliphatic rings. The number of esters is 1. The van der Waals surface area contributed by atoms with Crippen molar-refractivity contribution < 1.29 is 14.3 Å². The Kier molecular flexibility index (Phi) is 4.06. The second kappa shape index (κ2) is 6.27. The predicted molar refractivity (Wildman–Crippen MR) is 99.5 cm³/mol. The fraction of sp³-hybridized carbons (Fsp3) is 0.364. The molecular formula is C22H23NO3. The van der Waals surface area contributed by atoms with E-state index in [1.165, 1.54) is 0 Å². The zero-order valence-electron chi connectivity index (χ0n) is 15.2. The third-order valence-electron chi connectivity index (χ3n) is 5.20. The molecule has 0 unspecified atom stereocenters. The number of hydrogen-bond acceptors (Lipinski definition) is 3. The van der Waals surface area contributed by atoms with E-state index in [9.17, 15) is 9.59 Å². The van der Waals surface area contributed by atoms with Gasteiger partial charge in [0.15, 0.2) is 0 Å². The van der Waals surface area contributed by atoms with Crippen molar-refractivity contribution in [3.63, 3.8) is 0 Å². The summed E-state index contributed by atoms with van der Waals surface area (Å²) in [6.07, 6.45) is 3.07. The number of cyclic esters (lactones) is 1. The number of amides is 1. The summed E-state index contributed by atoms with van der Waals surface area (Å²) in [5.74, 6) is -0.412. The van der Waals surface area contributed by atoms with Gasteiger partial charge in [0, 0.05) is 5.56 Å². The standard InChI is InChI=1S/C22H23NO3/c1-22(2)13-26-21(25)19-12-15-4-3-14-5-7-16(9-10-17(19)8-6-15)18(11-14)20(24)23-22/h5-8,11-12H,3-4,9-10,13H2,1-2H3,(H,23,24). The van der Waals surface area contributed by atoms with Crippen LogP contribution in [-0.2, 0) is 30.4 Å². The first-order valence-corrected chi connectivity index (χ1v) is 9.14. The second-order valence-corrected chi connectivity index (χ2v) is 7.90. The minimum absolute atomic E-state index is 0.102. The summed E-state index contributed by atoms with van der Waals surface area (Å²) in [5.41, 5.74) is 5.01. The van der Waals surface area contributed by atoms with Crippen LogP contribution in [0.3, 0.4) is 0 Å². The molecule has 0 spiro atoms. The Morgan fingerprint density at radius 1 is 0.846 bits per heavy atom. The van der Waals surface area contributed by atoms with Crippen molar-refractivity contribution >= 4 is 11.9 Å². The van der Waals surface area contributed by atoms with Crippen molar-refractivity contribution in [1.82, 2.24) is 5.32 Å². The zero-order valence-corrected chi connectivity index (χ0v) is 15.2. The van der Waals surface area contributed by atoms with Crippen LogP contribution in [0.2, 0.25) is 0 Å². The van der Waals surface area contributed by atoms with Gasteiger partial charge >= 0.3 is 5.97 Å². The minimum atomic E-state index is -0.638. The van der Waals surface area contributed by atoms with Crippen molar-refractivity contribution in [2.75, 3.05) is 6.61 Å². The molecule has 2 aromatic rings. The summed E-state index contributed by atoms with van der Waals surface area (Å²) in [5, 5.41) is 3.03. The molecule has 1 amide bonds. The smallest absolute Gasteiger partial charge is 0.338 e. The van der Waals surface area contributed by atoms with Gasteiger partial charge in [-0.05, 0) is 73.9 Å². The molecule has 134 valence electrons. The van der Waals surface area contributed by atoms with Crippen LogP contribution in [0.15, 0.2) is 36.4 Å². The van der Waals surface area contributed by atoms with E-state index in [0.717, 1.165) is 40.7 Å². The van der Waals surface area contributed by atoms with Crippen molar-refractivity contribution in [1.29, 1.82) is 0 Å². The van der Waals surface area contributed by atoms with E-state index < -0.39 is 5.54 Å². The van der Waals surface area contributed by atoms with E-state index in [4.69, 9.17) is 4.74 Å². The van der Waals surface area contributed by atoms with Gasteiger partial charge in [-0.1, -0.05) is 24.3 Å². The summed E-state index contributed by atoms with van der Waals surface area (Å²) in [7, 11) is 0. The Labute approximate surface area is 153 Å². The lowest BCUT2D eigenvalue weighted by molar-refractivity contribution is 0.0388. The number of nitrogens with one attached hydrogen (secondary N) is 1. The monoisotopic (exact) mass is 349 g/mol. The summed E-state index contributed by atoms with van der Waals surface area (Å²) in [6, 6.07) is 12.3. The third-order valence-corrected chi connectivity index (χ3v) is 5.20. The van der Waals surface area contributed by atoms with Crippen molar-refractivity contribution in [3.8, 4) is 0 Å². The van der Waals surface area contributed by atoms with Gasteiger partial charge in [0.05, 0.1) is 11.1 Å². The van der Waals surface area contributed by atoms with Gasteiger partial charge in [-0.2, -0.15) is 0 Å². The molecule has 4 aliphatic carbocycles. The van der Waals surface area contributed by atoms with Crippen LogP contribution in [-0.4, -0.2) is 24.0 Å². The van der Waals surface area contributed by atoms with E-state index in [-0.39, 0.29) is 18.5 Å². The average Bonchev–Trinajstić information content (AvgIpc) is 2.60. The summed E-state index contributed by atoms with van der Waals surface area (Å²) in [4.78, 5) is 25.6. The van der Waals surface area contributed by atoms with Crippen LogP contribution < -0.4 is 5.32 Å². The maximum atomic E-state index is 12.9. The van der Waals surface area contributed by atoms with Gasteiger partial charge in [-0.25, -0.2) is 4.79 Å². The number of aryl methyl sites for hydroxylation is 4. The maximum Gasteiger partial charge on any atom is 0.338 e. The summed E-state index contributed by atoms with van der Waals surface area (Å²) in [6.45, 7) is 3.88. The van der Waals surface area contributed by atoms with E-state index in [2.05, 4.69) is 23.5 Å². The number of rotatable bonds is 0. The highest BCUT2D eigenvalue weighted by atomic mass is 16.5. The Hall–Kier alpha value is -2.62. The van der Waals surface area contributed by atoms with Gasteiger partial charge in [0.25, 0.3) is 5.91 Å². The highest BCUT2D eigenvalue weighted by Gasteiger charge is 2.27. The highest BCUT2D eigenvalue weighted by molar-refractivity contribution is 5.96. The first kappa shape index (κ1) is 16.8. The fourth-order valence-electron chi connectivity index (χ4n) is 3.69. The quantitative estimate of drug-likeness (QED) is 0.743. The molecule has 7 rings (SSSR count). The molecule has 0 fully saturated rings. The topological polar surface area (TPSA) is 55.4 Å². The molecule has 4 heteroatoms. The van der Waals surface area contributed by atoms with Crippen LogP contribution in [0.25, 0.3) is 0 Å². The third kappa shape index (κ3) is 3.24. The number of carbonyl (C=O) groups is 2. The molecular weight excluding hydrogens is 326 g/mol. The average molecular weight is 349 g/mol. The summed E-state index contributed by atoms with van der Waals surface area (Å²) >= 11 is 0. The molecule has 0 radical (unpaired) electrons. The number of carbonyl (C=O) groups excluding carboxylic acids is 2. The Morgan fingerprint density at radius 3 is 2.08 bits per heavy atom. The van der Waals surface area contributed by atoms with Crippen LogP contribution in [0.5, 0.6) is 0 Å². The fourth-order valence-corrected chi connectivity index (χ4v) is 3.69. The van der Waals surface area contributed by atoms with Crippen molar-refractivity contribution in [2.45, 2.75) is 45.1 Å².